The number of nitrogens with zero attached hydrogens (tertiary/aromatic N) is 3. The Bertz CT molecular complexity index is 1010. The Morgan fingerprint density at radius 2 is 1.97 bits per heavy atom. The third-order valence-corrected chi connectivity index (χ3v) is 6.90. The van der Waals surface area contributed by atoms with Gasteiger partial charge >= 0.3 is 0 Å². The van der Waals surface area contributed by atoms with Crippen molar-refractivity contribution in [1.82, 2.24) is 26.0 Å². The molecule has 1 aromatic heterocycles. The first-order valence-electron chi connectivity index (χ1n) is 11.5. The predicted molar refractivity (Wildman–Crippen MR) is 116 cm³/mol. The summed E-state index contributed by atoms with van der Waals surface area (Å²) in [6.45, 7) is 0.235. The van der Waals surface area contributed by atoms with Crippen LogP contribution in [-0.2, 0) is 33.8 Å². The van der Waals surface area contributed by atoms with Crippen molar-refractivity contribution >= 4 is 23.4 Å². The second-order valence-electron chi connectivity index (χ2n) is 9.05. The van der Waals surface area contributed by atoms with E-state index in [4.69, 9.17) is 0 Å². The summed E-state index contributed by atoms with van der Waals surface area (Å²) >= 11 is 0. The largest absolute Gasteiger partial charge is 0.348 e. The molecule has 2 aromatic rings. The van der Waals surface area contributed by atoms with Crippen molar-refractivity contribution in [3.05, 3.63) is 41.2 Å². The van der Waals surface area contributed by atoms with E-state index < -0.39 is 12.1 Å². The molecule has 9 nitrogen and oxygen atoms in total. The van der Waals surface area contributed by atoms with Crippen LogP contribution < -0.4 is 15.5 Å². The quantitative estimate of drug-likeness (QED) is 0.632. The molecule has 0 saturated heterocycles. The van der Waals surface area contributed by atoms with Crippen molar-refractivity contribution in [3.8, 4) is 0 Å². The number of anilines is 1. The number of amides is 3. The number of rotatable bonds is 6. The van der Waals surface area contributed by atoms with E-state index in [-0.39, 0.29) is 24.3 Å². The van der Waals surface area contributed by atoms with Crippen LogP contribution in [0.3, 0.4) is 0 Å². The molecule has 168 valence electrons. The molecule has 1 saturated carbocycles. The Morgan fingerprint density at radius 1 is 1.16 bits per heavy atom. The van der Waals surface area contributed by atoms with Gasteiger partial charge in [0.15, 0.2) is 0 Å². The lowest BCUT2D eigenvalue weighted by molar-refractivity contribution is -0.129. The molecule has 3 amide bonds. The van der Waals surface area contributed by atoms with Crippen LogP contribution in [0.15, 0.2) is 24.4 Å². The molecular weight excluding hydrogens is 408 g/mol. The normalized spacial score (nSPS) is 22.5. The highest BCUT2D eigenvalue weighted by molar-refractivity contribution is 6.07. The Labute approximate surface area is 186 Å². The van der Waals surface area contributed by atoms with Gasteiger partial charge in [0.1, 0.15) is 17.8 Å². The van der Waals surface area contributed by atoms with E-state index >= 15 is 0 Å². The van der Waals surface area contributed by atoms with Gasteiger partial charge in [0.2, 0.25) is 17.7 Å². The zero-order valence-electron chi connectivity index (χ0n) is 18.0. The molecule has 1 aliphatic carbocycles. The molecule has 32 heavy (non-hydrogen) atoms. The van der Waals surface area contributed by atoms with Crippen LogP contribution in [0.1, 0.15) is 55.3 Å². The maximum atomic E-state index is 13.6. The molecule has 0 bridgehead atoms. The number of nitrogens with one attached hydrogen (secondary N) is 3. The number of aryl methyl sites for hydroxylation is 1. The van der Waals surface area contributed by atoms with E-state index in [1.54, 1.807) is 11.1 Å². The Balaban J connectivity index is 1.34. The van der Waals surface area contributed by atoms with Gasteiger partial charge in [-0.3, -0.25) is 19.3 Å². The van der Waals surface area contributed by atoms with E-state index in [0.29, 0.717) is 37.3 Å². The van der Waals surface area contributed by atoms with Gasteiger partial charge in [-0.1, -0.05) is 31.0 Å². The average molecular weight is 437 g/mol. The summed E-state index contributed by atoms with van der Waals surface area (Å²) in [6.07, 6.45) is 8.24. The zero-order valence-corrected chi connectivity index (χ0v) is 18.0. The smallest absolute Gasteiger partial charge is 0.250 e. The van der Waals surface area contributed by atoms with Crippen LogP contribution in [0.5, 0.6) is 0 Å². The van der Waals surface area contributed by atoms with Gasteiger partial charge in [-0.25, -0.2) is 0 Å². The van der Waals surface area contributed by atoms with Gasteiger partial charge in [0.05, 0.1) is 18.4 Å². The van der Waals surface area contributed by atoms with Gasteiger partial charge in [-0.15, -0.1) is 0 Å². The summed E-state index contributed by atoms with van der Waals surface area (Å²) in [6, 6.07) is 4.71. The van der Waals surface area contributed by atoms with Crippen LogP contribution in [0.4, 0.5) is 5.69 Å². The van der Waals surface area contributed by atoms with Gasteiger partial charge in [-0.2, -0.15) is 15.4 Å². The monoisotopic (exact) mass is 436 g/mol. The molecule has 1 aromatic carbocycles. The second-order valence-corrected chi connectivity index (χ2v) is 9.05. The Kier molecular flexibility index (Phi) is 5.63. The molecule has 5 rings (SSSR count). The van der Waals surface area contributed by atoms with E-state index in [1.165, 1.54) is 12.8 Å². The Morgan fingerprint density at radius 3 is 2.75 bits per heavy atom. The lowest BCUT2D eigenvalue weighted by Gasteiger charge is -2.28. The Hall–Kier alpha value is -3.23. The van der Waals surface area contributed by atoms with Gasteiger partial charge in [-0.05, 0) is 42.7 Å². The molecule has 3 heterocycles. The molecule has 0 spiro atoms. The first-order valence-corrected chi connectivity index (χ1v) is 11.5. The fourth-order valence-corrected chi connectivity index (χ4v) is 5.31. The maximum absolute atomic E-state index is 13.6. The third-order valence-electron chi connectivity index (χ3n) is 6.90. The van der Waals surface area contributed by atoms with Gasteiger partial charge in [0.25, 0.3) is 0 Å². The molecule has 2 unspecified atom stereocenters. The zero-order chi connectivity index (χ0) is 22.1. The third kappa shape index (κ3) is 3.99. The number of H-pyrrole nitrogens is 1. The predicted octanol–water partition coefficient (Wildman–Crippen LogP) is 1.39. The van der Waals surface area contributed by atoms with Crippen LogP contribution in [0.25, 0.3) is 0 Å². The molecule has 0 radical (unpaired) electrons. The lowest BCUT2D eigenvalue weighted by atomic mass is 10.0. The highest BCUT2D eigenvalue weighted by Crippen LogP contribution is 2.39. The highest BCUT2D eigenvalue weighted by atomic mass is 16.2. The van der Waals surface area contributed by atoms with Crippen molar-refractivity contribution in [1.29, 1.82) is 0 Å². The van der Waals surface area contributed by atoms with Crippen molar-refractivity contribution in [2.45, 2.75) is 70.0 Å². The van der Waals surface area contributed by atoms with Crippen molar-refractivity contribution in [2.24, 2.45) is 5.92 Å². The minimum absolute atomic E-state index is 0.0624. The fraction of sp³-hybridized carbons (Fsp3) is 0.522. The molecule has 3 aliphatic rings. The first-order chi connectivity index (χ1) is 15.6. The summed E-state index contributed by atoms with van der Waals surface area (Å²) in [7, 11) is 0. The fourth-order valence-electron chi connectivity index (χ4n) is 5.31. The molecule has 2 atom stereocenters. The average Bonchev–Trinajstić information content (AvgIpc) is 3.53. The summed E-state index contributed by atoms with van der Waals surface area (Å²) < 4.78 is 0. The number of carbonyl (C=O) groups excluding carboxylic acids is 3. The summed E-state index contributed by atoms with van der Waals surface area (Å²) in [5.74, 6) is -0.0781. The molecular formula is C23H28N6O3. The van der Waals surface area contributed by atoms with Crippen molar-refractivity contribution in [2.75, 3.05) is 4.90 Å². The number of hydrogen-bond donors (Lipinski definition) is 3. The molecule has 9 heteroatoms. The van der Waals surface area contributed by atoms with E-state index in [1.807, 2.05) is 18.2 Å². The van der Waals surface area contributed by atoms with Crippen LogP contribution in [-0.4, -0.2) is 45.2 Å². The number of benzene rings is 1. The van der Waals surface area contributed by atoms with E-state index in [0.717, 1.165) is 29.7 Å². The number of carbonyl (C=O) groups is 3. The SMILES string of the molecule is O=C(CC1CCCC1)NC1CCc2cccc3c2N(C1=O)C(C(=O)NCc1cn[nH]n1)C3. The number of hydrogen-bond acceptors (Lipinski definition) is 5. The maximum Gasteiger partial charge on any atom is 0.250 e. The minimum Gasteiger partial charge on any atom is -0.348 e. The second kappa shape index (κ2) is 8.72. The van der Waals surface area contributed by atoms with Crippen molar-refractivity contribution < 1.29 is 14.4 Å². The van der Waals surface area contributed by atoms with Crippen LogP contribution in [0, 0.1) is 5.92 Å². The van der Waals surface area contributed by atoms with Crippen LogP contribution in [0.2, 0.25) is 0 Å². The standard InChI is InChI=1S/C23H28N6O3/c30-20(10-14-4-1-2-5-14)26-18-9-8-15-6-3-7-16-11-19(29(21(15)16)23(18)32)22(31)24-12-17-13-25-28-27-17/h3,6-7,13-14,18-19H,1-2,4-5,8-12H2,(H,24,31)(H,26,30)(H,25,27,28). The summed E-state index contributed by atoms with van der Waals surface area (Å²) in [5, 5.41) is 16.1. The minimum atomic E-state index is -0.641. The molecule has 3 N–H and O–H groups in total. The first kappa shape index (κ1) is 20.7. The number of para-hydroxylation sites is 1. The summed E-state index contributed by atoms with van der Waals surface area (Å²) in [4.78, 5) is 41.0. The van der Waals surface area contributed by atoms with Crippen LogP contribution >= 0.6 is 0 Å². The van der Waals surface area contributed by atoms with Gasteiger partial charge < -0.3 is 10.6 Å². The number of aromatic amines is 1. The van der Waals surface area contributed by atoms with E-state index in [9.17, 15) is 14.4 Å². The molecule has 1 fully saturated rings. The topological polar surface area (TPSA) is 120 Å². The van der Waals surface area contributed by atoms with Crippen molar-refractivity contribution in [3.63, 3.8) is 0 Å². The van der Waals surface area contributed by atoms with E-state index in [2.05, 4.69) is 26.0 Å². The van der Waals surface area contributed by atoms with Gasteiger partial charge in [0, 0.05) is 12.8 Å². The summed E-state index contributed by atoms with van der Waals surface area (Å²) in [5.41, 5.74) is 3.51. The molecule has 2 aliphatic heterocycles. The highest BCUT2D eigenvalue weighted by Gasteiger charge is 2.44. The lowest BCUT2D eigenvalue weighted by Crippen LogP contribution is -2.54. The number of aromatic nitrogens is 3.